The monoisotopic (exact) mass is 369 g/mol. The first kappa shape index (κ1) is 16.9. The Morgan fingerprint density at radius 3 is 3.08 bits per heavy atom. The molecule has 7 nitrogen and oxygen atoms in total. The molecule has 3 aromatic heterocycles. The van der Waals surface area contributed by atoms with Crippen LogP contribution in [0, 0.1) is 0 Å². The van der Waals surface area contributed by atoms with Crippen LogP contribution in [-0.4, -0.2) is 43.9 Å². The fraction of sp³-hybridized carbons (Fsp3) is 0.333. The molecule has 0 aromatic carbocycles. The Balaban J connectivity index is 1.49. The number of nitrogens with zero attached hydrogens (tertiary/aromatic N) is 5. The van der Waals surface area contributed by atoms with E-state index in [1.54, 1.807) is 10.9 Å². The Morgan fingerprint density at radius 1 is 1.38 bits per heavy atom. The maximum Gasteiger partial charge on any atom is 0.255 e. The van der Waals surface area contributed by atoms with Crippen LogP contribution in [0.15, 0.2) is 41.2 Å². The molecule has 0 spiro atoms. The Kier molecular flexibility index (Phi) is 4.77. The largest absolute Gasteiger partial charge is 0.374 e. The fourth-order valence-electron chi connectivity index (χ4n) is 3.26. The zero-order valence-electron chi connectivity index (χ0n) is 14.4. The number of carbonyl (C=O) groups is 1. The Morgan fingerprint density at radius 2 is 2.31 bits per heavy atom. The maximum atomic E-state index is 12.7. The van der Waals surface area contributed by atoms with Crippen LogP contribution in [0.4, 0.5) is 0 Å². The summed E-state index contributed by atoms with van der Waals surface area (Å²) in [7, 11) is 1.88. The van der Waals surface area contributed by atoms with E-state index in [4.69, 9.17) is 4.74 Å². The quantitative estimate of drug-likeness (QED) is 0.690. The molecule has 1 atom stereocenters. The van der Waals surface area contributed by atoms with Gasteiger partial charge in [0.2, 0.25) is 0 Å². The molecule has 0 bridgehead atoms. The van der Waals surface area contributed by atoms with Crippen molar-refractivity contribution < 1.29 is 9.53 Å². The number of fused-ring (bicyclic) bond motifs is 1. The molecule has 0 aliphatic carbocycles. The topological polar surface area (TPSA) is 73.1 Å². The van der Waals surface area contributed by atoms with Crippen LogP contribution in [0.3, 0.4) is 0 Å². The van der Waals surface area contributed by atoms with Gasteiger partial charge in [-0.3, -0.25) is 14.5 Å². The van der Waals surface area contributed by atoms with E-state index in [0.29, 0.717) is 26.3 Å². The lowest BCUT2D eigenvalue weighted by Crippen LogP contribution is -2.40. The number of rotatable bonds is 5. The first-order valence-electron chi connectivity index (χ1n) is 8.40. The standard InChI is InChI=1S/C18H19N5O2S/c1-22-17-14(10-25-11-15-4-2-3-6-19-15)8-23(9-16(17)20-21-22)18(24)13-5-7-26-12-13/h2-7,12,14H,8-11H2,1H3. The van der Waals surface area contributed by atoms with Crippen molar-refractivity contribution in [2.24, 2.45) is 7.05 Å². The molecule has 1 aliphatic heterocycles. The molecule has 0 saturated heterocycles. The van der Waals surface area contributed by atoms with Gasteiger partial charge < -0.3 is 9.64 Å². The summed E-state index contributed by atoms with van der Waals surface area (Å²) in [6, 6.07) is 7.61. The van der Waals surface area contributed by atoms with Crippen molar-refractivity contribution in [3.63, 3.8) is 0 Å². The van der Waals surface area contributed by atoms with E-state index >= 15 is 0 Å². The van der Waals surface area contributed by atoms with Crippen molar-refractivity contribution >= 4 is 17.2 Å². The average molecular weight is 369 g/mol. The van der Waals surface area contributed by atoms with E-state index in [1.807, 2.05) is 47.0 Å². The van der Waals surface area contributed by atoms with Gasteiger partial charge in [-0.15, -0.1) is 5.10 Å². The van der Waals surface area contributed by atoms with Crippen LogP contribution >= 0.6 is 11.3 Å². The molecule has 0 fully saturated rings. The molecule has 26 heavy (non-hydrogen) atoms. The zero-order chi connectivity index (χ0) is 17.9. The van der Waals surface area contributed by atoms with E-state index in [1.165, 1.54) is 11.3 Å². The first-order chi connectivity index (χ1) is 12.7. The Bertz CT molecular complexity index is 878. The summed E-state index contributed by atoms with van der Waals surface area (Å²) in [4.78, 5) is 18.8. The number of thiophene rings is 1. The molecule has 1 aliphatic rings. The molecule has 0 saturated carbocycles. The Hall–Kier alpha value is -2.58. The maximum absolute atomic E-state index is 12.7. The van der Waals surface area contributed by atoms with Crippen LogP contribution < -0.4 is 0 Å². The second-order valence-electron chi connectivity index (χ2n) is 6.28. The van der Waals surface area contributed by atoms with Crippen molar-refractivity contribution in [3.8, 4) is 0 Å². The molecular weight excluding hydrogens is 350 g/mol. The van der Waals surface area contributed by atoms with Gasteiger partial charge in [0, 0.05) is 31.1 Å². The summed E-state index contributed by atoms with van der Waals surface area (Å²) in [6.45, 7) is 1.99. The van der Waals surface area contributed by atoms with E-state index in [9.17, 15) is 4.79 Å². The molecule has 4 heterocycles. The third-order valence-corrected chi connectivity index (χ3v) is 5.15. The molecular formula is C18H19N5O2S. The summed E-state index contributed by atoms with van der Waals surface area (Å²) in [5.41, 5.74) is 3.49. The molecule has 0 radical (unpaired) electrons. The van der Waals surface area contributed by atoms with Crippen LogP contribution in [0.25, 0.3) is 0 Å². The lowest BCUT2D eigenvalue weighted by molar-refractivity contribution is 0.0603. The van der Waals surface area contributed by atoms with E-state index < -0.39 is 0 Å². The minimum absolute atomic E-state index is 0.0253. The van der Waals surface area contributed by atoms with Crippen LogP contribution in [-0.2, 0) is 24.9 Å². The highest BCUT2D eigenvalue weighted by Gasteiger charge is 2.33. The van der Waals surface area contributed by atoms with Gasteiger partial charge in [0.25, 0.3) is 5.91 Å². The minimum Gasteiger partial charge on any atom is -0.374 e. The smallest absolute Gasteiger partial charge is 0.255 e. The van der Waals surface area contributed by atoms with Gasteiger partial charge in [0.15, 0.2) is 0 Å². The molecule has 134 valence electrons. The van der Waals surface area contributed by atoms with Crippen molar-refractivity contribution in [2.45, 2.75) is 19.1 Å². The van der Waals surface area contributed by atoms with Crippen LogP contribution in [0.1, 0.15) is 33.4 Å². The number of aromatic nitrogens is 4. The highest BCUT2D eigenvalue weighted by Crippen LogP contribution is 2.28. The minimum atomic E-state index is 0.0253. The lowest BCUT2D eigenvalue weighted by atomic mass is 9.98. The average Bonchev–Trinajstić information content (AvgIpc) is 3.32. The van der Waals surface area contributed by atoms with E-state index in [2.05, 4.69) is 15.3 Å². The second kappa shape index (κ2) is 7.35. The van der Waals surface area contributed by atoms with E-state index in [-0.39, 0.29) is 11.8 Å². The normalized spacial score (nSPS) is 16.5. The predicted octanol–water partition coefficient (Wildman–Crippen LogP) is 2.23. The summed E-state index contributed by atoms with van der Waals surface area (Å²) in [5.74, 6) is 0.0577. The number of ether oxygens (including phenoxy) is 1. The lowest BCUT2D eigenvalue weighted by Gasteiger charge is -2.32. The third-order valence-electron chi connectivity index (χ3n) is 4.46. The van der Waals surface area contributed by atoms with Gasteiger partial charge in [0.1, 0.15) is 5.69 Å². The van der Waals surface area contributed by atoms with Gasteiger partial charge in [-0.1, -0.05) is 11.3 Å². The van der Waals surface area contributed by atoms with Crippen molar-refractivity contribution in [2.75, 3.05) is 13.2 Å². The molecule has 1 amide bonds. The number of aryl methyl sites for hydroxylation is 1. The van der Waals surface area contributed by atoms with Gasteiger partial charge >= 0.3 is 0 Å². The molecule has 4 rings (SSSR count). The molecule has 8 heteroatoms. The number of amides is 1. The number of pyridine rings is 1. The van der Waals surface area contributed by atoms with Gasteiger partial charge in [-0.25, -0.2) is 0 Å². The summed E-state index contributed by atoms with van der Waals surface area (Å²) >= 11 is 1.52. The molecule has 1 unspecified atom stereocenters. The number of hydrogen-bond acceptors (Lipinski definition) is 6. The first-order valence-corrected chi connectivity index (χ1v) is 9.34. The predicted molar refractivity (Wildman–Crippen MR) is 96.7 cm³/mol. The van der Waals surface area contributed by atoms with Crippen LogP contribution in [0.5, 0.6) is 0 Å². The summed E-state index contributed by atoms with van der Waals surface area (Å²) < 4.78 is 7.68. The summed E-state index contributed by atoms with van der Waals surface area (Å²) in [5, 5.41) is 12.2. The summed E-state index contributed by atoms with van der Waals surface area (Å²) in [6.07, 6.45) is 1.75. The van der Waals surface area contributed by atoms with E-state index in [0.717, 1.165) is 22.6 Å². The highest BCUT2D eigenvalue weighted by molar-refractivity contribution is 7.08. The zero-order valence-corrected chi connectivity index (χ0v) is 15.2. The van der Waals surface area contributed by atoms with Crippen molar-refractivity contribution in [3.05, 3.63) is 63.9 Å². The molecule has 3 aromatic rings. The SMILES string of the molecule is Cn1nnc2c1C(COCc1ccccn1)CN(C(=O)c1ccsc1)C2. The van der Waals surface area contributed by atoms with Gasteiger partial charge in [0.05, 0.1) is 36.7 Å². The highest BCUT2D eigenvalue weighted by atomic mass is 32.1. The Labute approximate surface area is 155 Å². The van der Waals surface area contributed by atoms with Gasteiger partial charge in [-0.2, -0.15) is 11.3 Å². The van der Waals surface area contributed by atoms with Gasteiger partial charge in [-0.05, 0) is 23.6 Å². The second-order valence-corrected chi connectivity index (χ2v) is 7.06. The fourth-order valence-corrected chi connectivity index (χ4v) is 3.89. The molecule has 0 N–H and O–H groups in total. The third kappa shape index (κ3) is 3.38. The number of hydrogen-bond donors (Lipinski definition) is 0. The van der Waals surface area contributed by atoms with Crippen molar-refractivity contribution in [1.82, 2.24) is 24.9 Å². The number of carbonyl (C=O) groups excluding carboxylic acids is 1. The van der Waals surface area contributed by atoms with Crippen molar-refractivity contribution in [1.29, 1.82) is 0 Å². The van der Waals surface area contributed by atoms with Crippen LogP contribution in [0.2, 0.25) is 0 Å².